The third-order valence-electron chi connectivity index (χ3n) is 12.2. The molecular weight excluding hydrogens is 833 g/mol. The summed E-state index contributed by atoms with van der Waals surface area (Å²) < 4.78 is 46.1. The molecule has 0 aromatic heterocycles. The van der Waals surface area contributed by atoms with E-state index in [-0.39, 0.29) is 54.6 Å². The van der Waals surface area contributed by atoms with Crippen LogP contribution in [0.3, 0.4) is 0 Å². The lowest BCUT2D eigenvalue weighted by Crippen LogP contribution is -2.27. The molecule has 1 unspecified atom stereocenters. The maximum absolute atomic E-state index is 14.0. The molecule has 11 nitrogen and oxygen atoms in total. The van der Waals surface area contributed by atoms with E-state index in [0.717, 1.165) is 46.2 Å². The average Bonchev–Trinajstić information content (AvgIpc) is 4.03. The standard InChI is InChI=1S/C52H47F2N3O8/c53-45-22-18-42(19-23-45)51(27-1-28-64-51)41-14-10-37(11-15-41)47(58)56-32-35-4-8-40(9-5-35)50(61)63-29-26-36-30-52(65-33-36,44-20-24-46(54)25-21-44)43-16-12-38(13-17-43)48(59)55-31-34-2-6-39(7-3-34)49(60)57-62/h2-25,36,62H,1,26-33H2,(H,55,59)(H,56,58)(H,57,60)/t36?,51-,52-/m1/s1. The van der Waals surface area contributed by atoms with Gasteiger partial charge in [0.15, 0.2) is 0 Å². The molecule has 2 heterocycles. The molecule has 2 aliphatic rings. The molecule has 13 heteroatoms. The Morgan fingerprint density at radius 2 is 1.00 bits per heavy atom. The molecule has 4 N–H and O–H groups in total. The summed E-state index contributed by atoms with van der Waals surface area (Å²) in [6, 6.07) is 40.2. The first kappa shape index (κ1) is 44.5. The molecule has 3 amide bonds. The number of amides is 3. The van der Waals surface area contributed by atoms with Gasteiger partial charge in [0, 0.05) is 36.4 Å². The number of hydrogen-bond acceptors (Lipinski definition) is 8. The van der Waals surface area contributed by atoms with E-state index in [1.54, 1.807) is 103 Å². The normalized spacial score (nSPS) is 19.0. The molecule has 0 aliphatic carbocycles. The van der Waals surface area contributed by atoms with E-state index >= 15 is 0 Å². The highest BCUT2D eigenvalue weighted by molar-refractivity contribution is 5.95. The van der Waals surface area contributed by atoms with Crippen LogP contribution >= 0.6 is 0 Å². The number of nitrogens with one attached hydrogen (secondary N) is 3. The van der Waals surface area contributed by atoms with Crippen LogP contribution in [0, 0.1) is 17.6 Å². The van der Waals surface area contributed by atoms with Crippen molar-refractivity contribution >= 4 is 23.7 Å². The number of esters is 1. The van der Waals surface area contributed by atoms with Gasteiger partial charge in [-0.3, -0.25) is 19.6 Å². The number of hydroxylamine groups is 1. The van der Waals surface area contributed by atoms with Crippen molar-refractivity contribution in [2.24, 2.45) is 5.92 Å². The molecule has 2 aliphatic heterocycles. The van der Waals surface area contributed by atoms with E-state index < -0.39 is 23.1 Å². The molecule has 6 aromatic carbocycles. The summed E-state index contributed by atoms with van der Waals surface area (Å²) in [7, 11) is 0. The maximum Gasteiger partial charge on any atom is 0.338 e. The van der Waals surface area contributed by atoms with Gasteiger partial charge >= 0.3 is 5.97 Å². The van der Waals surface area contributed by atoms with Crippen LogP contribution in [-0.2, 0) is 38.5 Å². The highest BCUT2D eigenvalue weighted by Gasteiger charge is 2.43. The predicted molar refractivity (Wildman–Crippen MR) is 236 cm³/mol. The van der Waals surface area contributed by atoms with Crippen LogP contribution in [0.1, 0.15) is 100 Å². The van der Waals surface area contributed by atoms with Crippen LogP contribution in [0.5, 0.6) is 0 Å². The summed E-state index contributed by atoms with van der Waals surface area (Å²) in [6.45, 7) is 1.58. The Hall–Kier alpha value is -7.06. The minimum atomic E-state index is -0.923. The first-order valence-corrected chi connectivity index (χ1v) is 21.4. The Kier molecular flexibility index (Phi) is 13.5. The SMILES string of the molecule is O=C(NO)c1ccc(CNC(=O)c2ccc([C@@]3(c4ccc(F)cc4)CC(CCOC(=O)c4ccc(CNC(=O)c5ccc([C@@]6(c7ccc(F)cc7)CCCO6)cc5)cc4)CO3)cc2)cc1. The lowest BCUT2D eigenvalue weighted by atomic mass is 9.80. The fourth-order valence-electron chi connectivity index (χ4n) is 8.59. The van der Waals surface area contributed by atoms with Crippen molar-refractivity contribution < 1.29 is 47.4 Å². The number of rotatable bonds is 15. The molecule has 65 heavy (non-hydrogen) atoms. The van der Waals surface area contributed by atoms with E-state index in [0.29, 0.717) is 42.7 Å². The molecule has 8 rings (SSSR count). The summed E-state index contributed by atoms with van der Waals surface area (Å²) >= 11 is 0. The average molecular weight is 880 g/mol. The number of carbonyl (C=O) groups excluding carboxylic acids is 4. The van der Waals surface area contributed by atoms with Crippen LogP contribution in [0.25, 0.3) is 0 Å². The summed E-state index contributed by atoms with van der Waals surface area (Å²) in [4.78, 5) is 50.8. The van der Waals surface area contributed by atoms with E-state index in [1.165, 1.54) is 24.3 Å². The monoisotopic (exact) mass is 879 g/mol. The largest absolute Gasteiger partial charge is 0.462 e. The van der Waals surface area contributed by atoms with Gasteiger partial charge in [0.05, 0.1) is 18.8 Å². The van der Waals surface area contributed by atoms with E-state index in [1.807, 2.05) is 24.3 Å². The van der Waals surface area contributed by atoms with Gasteiger partial charge < -0.3 is 24.8 Å². The van der Waals surface area contributed by atoms with E-state index in [2.05, 4.69) is 10.6 Å². The molecular formula is C52H47F2N3O8. The van der Waals surface area contributed by atoms with Crippen molar-refractivity contribution in [3.63, 3.8) is 0 Å². The van der Waals surface area contributed by atoms with Crippen molar-refractivity contribution in [1.82, 2.24) is 16.1 Å². The fourth-order valence-corrected chi connectivity index (χ4v) is 8.59. The van der Waals surface area contributed by atoms with Crippen molar-refractivity contribution in [3.8, 4) is 0 Å². The van der Waals surface area contributed by atoms with Gasteiger partial charge in [0.2, 0.25) is 0 Å². The Morgan fingerprint density at radius 1 is 0.569 bits per heavy atom. The second-order valence-electron chi connectivity index (χ2n) is 16.3. The second-order valence-corrected chi connectivity index (χ2v) is 16.3. The molecule has 332 valence electrons. The molecule has 0 bridgehead atoms. The Morgan fingerprint density at radius 3 is 1.46 bits per heavy atom. The number of ether oxygens (including phenoxy) is 3. The second kappa shape index (κ2) is 19.8. The Balaban J connectivity index is 0.825. The van der Waals surface area contributed by atoms with Crippen LogP contribution in [0.4, 0.5) is 8.78 Å². The minimum absolute atomic E-state index is 0.000165. The number of carbonyl (C=O) groups is 4. The first-order valence-electron chi connectivity index (χ1n) is 21.4. The highest BCUT2D eigenvalue weighted by Crippen LogP contribution is 2.46. The van der Waals surface area contributed by atoms with E-state index in [4.69, 9.17) is 19.4 Å². The van der Waals surface area contributed by atoms with Crippen LogP contribution in [0.2, 0.25) is 0 Å². The third-order valence-corrected chi connectivity index (χ3v) is 12.2. The van der Waals surface area contributed by atoms with Gasteiger partial charge in [-0.1, -0.05) is 72.8 Å². The van der Waals surface area contributed by atoms with Gasteiger partial charge in [0.1, 0.15) is 22.8 Å². The highest BCUT2D eigenvalue weighted by atomic mass is 19.1. The first-order chi connectivity index (χ1) is 31.5. The number of halogens is 2. The lowest BCUT2D eigenvalue weighted by Gasteiger charge is -2.30. The molecule has 0 spiro atoms. The summed E-state index contributed by atoms with van der Waals surface area (Å²) in [6.07, 6.45) is 2.67. The van der Waals surface area contributed by atoms with Crippen LogP contribution in [0.15, 0.2) is 146 Å². The zero-order valence-electron chi connectivity index (χ0n) is 35.4. The minimum Gasteiger partial charge on any atom is -0.462 e. The number of hydrogen-bond donors (Lipinski definition) is 4. The smallest absolute Gasteiger partial charge is 0.338 e. The van der Waals surface area contributed by atoms with Crippen molar-refractivity contribution in [2.45, 2.75) is 50.0 Å². The van der Waals surface area contributed by atoms with Gasteiger partial charge in [-0.2, -0.15) is 0 Å². The van der Waals surface area contributed by atoms with Crippen LogP contribution < -0.4 is 16.1 Å². The number of benzene rings is 6. The lowest BCUT2D eigenvalue weighted by molar-refractivity contribution is 0.0325. The topological polar surface area (TPSA) is 152 Å². The molecule has 0 radical (unpaired) electrons. The molecule has 2 fully saturated rings. The fraction of sp³-hybridized carbons (Fsp3) is 0.231. The Labute approximate surface area is 374 Å². The molecule has 6 aromatic rings. The quantitative estimate of drug-likeness (QED) is 0.0455. The third kappa shape index (κ3) is 10.0. The molecule has 0 saturated carbocycles. The van der Waals surface area contributed by atoms with Gasteiger partial charge in [-0.05, 0) is 138 Å². The summed E-state index contributed by atoms with van der Waals surface area (Å²) in [5, 5.41) is 14.6. The predicted octanol–water partition coefficient (Wildman–Crippen LogP) is 8.53. The zero-order chi connectivity index (χ0) is 45.4. The van der Waals surface area contributed by atoms with E-state index in [9.17, 15) is 28.0 Å². The van der Waals surface area contributed by atoms with Crippen LogP contribution in [-0.4, -0.2) is 48.7 Å². The van der Waals surface area contributed by atoms with Gasteiger partial charge in [-0.25, -0.2) is 19.1 Å². The van der Waals surface area contributed by atoms with Crippen molar-refractivity contribution in [1.29, 1.82) is 0 Å². The maximum atomic E-state index is 14.0. The van der Waals surface area contributed by atoms with Crippen molar-refractivity contribution in [2.75, 3.05) is 19.8 Å². The summed E-state index contributed by atoms with van der Waals surface area (Å²) in [5.41, 5.74) is 6.43. The Bertz CT molecular complexity index is 2620. The summed E-state index contributed by atoms with van der Waals surface area (Å²) in [5.74, 6) is -2.35. The molecule has 3 atom stereocenters. The molecule has 2 saturated heterocycles. The van der Waals surface area contributed by atoms with Gasteiger partial charge in [0.25, 0.3) is 17.7 Å². The van der Waals surface area contributed by atoms with Crippen molar-refractivity contribution in [3.05, 3.63) is 213 Å². The zero-order valence-corrected chi connectivity index (χ0v) is 35.4. The van der Waals surface area contributed by atoms with Gasteiger partial charge in [-0.15, -0.1) is 0 Å².